The van der Waals surface area contributed by atoms with Crippen LogP contribution in [-0.2, 0) is 4.79 Å². The number of nitrogens with one attached hydrogen (secondary N) is 1. The highest BCUT2D eigenvalue weighted by Gasteiger charge is 2.59. The summed E-state index contributed by atoms with van der Waals surface area (Å²) in [4.78, 5) is 12.6. The normalized spacial score (nSPS) is 29.4. The average Bonchev–Trinajstić information content (AvgIpc) is 3.35. The van der Waals surface area contributed by atoms with Crippen molar-refractivity contribution in [3.63, 3.8) is 0 Å². The quantitative estimate of drug-likeness (QED) is 0.892. The Morgan fingerprint density at radius 2 is 1.96 bits per heavy atom. The van der Waals surface area contributed by atoms with Gasteiger partial charge in [-0.25, -0.2) is 13.2 Å². The molecule has 4 rings (SSSR count). The van der Waals surface area contributed by atoms with Crippen molar-refractivity contribution >= 4 is 5.91 Å². The Bertz CT molecular complexity index is 660. The largest absolute Gasteiger partial charge is 0.493 e. The van der Waals surface area contributed by atoms with Crippen molar-refractivity contribution < 1.29 is 22.7 Å². The fourth-order valence-corrected chi connectivity index (χ4v) is 4.60. The van der Waals surface area contributed by atoms with Gasteiger partial charge in [0.05, 0.1) is 18.6 Å². The zero-order chi connectivity index (χ0) is 17.6. The number of fused-ring (bicyclic) bond motifs is 3. The lowest BCUT2D eigenvalue weighted by Gasteiger charge is -2.30. The van der Waals surface area contributed by atoms with E-state index in [1.807, 2.05) is 0 Å². The highest BCUT2D eigenvalue weighted by Crippen LogP contribution is 2.59. The Hall–Kier alpha value is -1.72. The number of carbonyl (C=O) groups is 1. The van der Waals surface area contributed by atoms with Crippen LogP contribution in [0.3, 0.4) is 0 Å². The molecule has 1 amide bonds. The first-order valence-corrected chi connectivity index (χ1v) is 9.07. The minimum absolute atomic E-state index is 0.0426. The van der Waals surface area contributed by atoms with Gasteiger partial charge in [0.25, 0.3) is 6.43 Å². The molecule has 0 saturated heterocycles. The lowest BCUT2D eigenvalue weighted by Crippen LogP contribution is -2.46. The van der Waals surface area contributed by atoms with Crippen molar-refractivity contribution in [3.05, 3.63) is 29.6 Å². The van der Waals surface area contributed by atoms with Crippen LogP contribution in [0.15, 0.2) is 18.2 Å². The maximum Gasteiger partial charge on any atom is 0.258 e. The molecule has 1 heterocycles. The van der Waals surface area contributed by atoms with Gasteiger partial charge < -0.3 is 10.1 Å². The van der Waals surface area contributed by atoms with Crippen molar-refractivity contribution in [2.24, 2.45) is 17.8 Å². The molecule has 1 aliphatic heterocycles. The van der Waals surface area contributed by atoms with Gasteiger partial charge in [0.15, 0.2) is 0 Å². The molecule has 3 nitrogen and oxygen atoms in total. The number of rotatable bonds is 4. The van der Waals surface area contributed by atoms with Gasteiger partial charge in [-0.05, 0) is 37.0 Å². The second kappa shape index (κ2) is 6.54. The lowest BCUT2D eigenvalue weighted by molar-refractivity contribution is -0.125. The van der Waals surface area contributed by atoms with E-state index in [9.17, 15) is 18.0 Å². The molecule has 2 aliphatic carbocycles. The molecule has 1 aromatic carbocycles. The van der Waals surface area contributed by atoms with Crippen LogP contribution >= 0.6 is 0 Å². The molecular weight excluding hydrogens is 331 g/mol. The van der Waals surface area contributed by atoms with Gasteiger partial charge in [0.1, 0.15) is 11.6 Å². The van der Waals surface area contributed by atoms with E-state index >= 15 is 0 Å². The molecule has 6 heteroatoms. The molecule has 25 heavy (non-hydrogen) atoms. The smallest absolute Gasteiger partial charge is 0.258 e. The summed E-state index contributed by atoms with van der Waals surface area (Å²) in [5.41, 5.74) is 0.683. The van der Waals surface area contributed by atoms with E-state index in [1.165, 1.54) is 12.1 Å². The van der Waals surface area contributed by atoms with Crippen LogP contribution in [0.25, 0.3) is 0 Å². The third-order valence-electron chi connectivity index (χ3n) is 5.97. The fourth-order valence-electron chi connectivity index (χ4n) is 4.60. The fraction of sp³-hybridized carbons (Fsp3) is 0.632. The summed E-state index contributed by atoms with van der Waals surface area (Å²) in [5, 5.41) is 2.61. The molecule has 2 fully saturated rings. The monoisotopic (exact) mass is 353 g/mol. The van der Waals surface area contributed by atoms with E-state index in [-0.39, 0.29) is 29.5 Å². The number of halogens is 3. The highest BCUT2D eigenvalue weighted by molar-refractivity contribution is 5.84. The standard InChI is InChI=1S/C19H22F3NO2/c20-11-6-7-14-12(8-11)15-13(9-25-14)16(15)19(24)23-17(18(21)22)10-4-2-1-3-5-10/h6-8,10,13,15-18H,1-5,9H2,(H,23,24)/t13?,15?,16?,17-/m1/s1. The van der Waals surface area contributed by atoms with Gasteiger partial charge in [-0.3, -0.25) is 4.79 Å². The van der Waals surface area contributed by atoms with Gasteiger partial charge in [0.2, 0.25) is 5.91 Å². The predicted molar refractivity (Wildman–Crippen MR) is 86.1 cm³/mol. The summed E-state index contributed by atoms with van der Waals surface area (Å²) in [7, 11) is 0. The molecule has 0 spiro atoms. The minimum atomic E-state index is -2.56. The van der Waals surface area contributed by atoms with E-state index in [0.29, 0.717) is 17.9 Å². The molecule has 3 aliphatic rings. The molecule has 3 unspecified atom stereocenters. The summed E-state index contributed by atoms with van der Waals surface area (Å²) in [6, 6.07) is 3.21. The number of benzene rings is 1. The van der Waals surface area contributed by atoms with E-state index in [2.05, 4.69) is 5.32 Å². The maximum atomic E-state index is 13.5. The zero-order valence-electron chi connectivity index (χ0n) is 13.9. The van der Waals surface area contributed by atoms with E-state index in [0.717, 1.165) is 32.1 Å². The molecule has 1 N–H and O–H groups in total. The van der Waals surface area contributed by atoms with E-state index in [1.54, 1.807) is 6.07 Å². The first-order valence-electron chi connectivity index (χ1n) is 9.07. The first kappa shape index (κ1) is 16.7. The predicted octanol–water partition coefficient (Wildman–Crippen LogP) is 3.88. The Balaban J connectivity index is 1.46. The van der Waals surface area contributed by atoms with Gasteiger partial charge >= 0.3 is 0 Å². The molecule has 2 saturated carbocycles. The lowest BCUT2D eigenvalue weighted by atomic mass is 9.84. The molecule has 4 atom stereocenters. The van der Waals surface area contributed by atoms with Crippen LogP contribution < -0.4 is 10.1 Å². The number of hydrogen-bond acceptors (Lipinski definition) is 2. The van der Waals surface area contributed by atoms with Gasteiger partial charge in [-0.2, -0.15) is 0 Å². The van der Waals surface area contributed by atoms with E-state index < -0.39 is 18.4 Å². The molecule has 136 valence electrons. The van der Waals surface area contributed by atoms with E-state index in [4.69, 9.17) is 4.74 Å². The van der Waals surface area contributed by atoms with Crippen LogP contribution in [-0.4, -0.2) is 25.0 Å². The summed E-state index contributed by atoms with van der Waals surface area (Å²) in [6.45, 7) is 0.379. The number of hydrogen-bond donors (Lipinski definition) is 1. The van der Waals surface area contributed by atoms with Crippen molar-refractivity contribution in [2.45, 2.75) is 50.5 Å². The highest BCUT2D eigenvalue weighted by atomic mass is 19.3. The summed E-state index contributed by atoms with van der Waals surface area (Å²) in [6.07, 6.45) is 1.88. The Morgan fingerprint density at radius 3 is 2.68 bits per heavy atom. The molecule has 0 aromatic heterocycles. The third-order valence-corrected chi connectivity index (χ3v) is 5.97. The zero-order valence-corrected chi connectivity index (χ0v) is 13.9. The van der Waals surface area contributed by atoms with Crippen LogP contribution in [0.4, 0.5) is 13.2 Å². The SMILES string of the molecule is O=C(N[C@@H](C(F)F)C1CCCCC1)C1C2COc3ccc(F)cc3C21. The number of amides is 1. The van der Waals surface area contributed by atoms with Gasteiger partial charge in [-0.1, -0.05) is 19.3 Å². The molecular formula is C19H22F3NO2. The Morgan fingerprint density at radius 1 is 1.20 bits per heavy atom. The number of carbonyl (C=O) groups excluding carboxylic acids is 1. The molecule has 0 bridgehead atoms. The average molecular weight is 353 g/mol. The van der Waals surface area contributed by atoms with Crippen LogP contribution in [0.1, 0.15) is 43.6 Å². The first-order chi connectivity index (χ1) is 12.1. The Labute approximate surface area is 144 Å². The summed E-state index contributed by atoms with van der Waals surface area (Å²) < 4.78 is 46.1. The van der Waals surface area contributed by atoms with Gasteiger partial charge in [-0.15, -0.1) is 0 Å². The third kappa shape index (κ3) is 3.11. The minimum Gasteiger partial charge on any atom is -0.493 e. The molecule has 0 radical (unpaired) electrons. The van der Waals surface area contributed by atoms with Crippen molar-refractivity contribution in [3.8, 4) is 5.75 Å². The van der Waals surface area contributed by atoms with Crippen molar-refractivity contribution in [2.75, 3.05) is 6.61 Å². The van der Waals surface area contributed by atoms with Crippen LogP contribution in [0, 0.1) is 23.6 Å². The summed E-state index contributed by atoms with van der Waals surface area (Å²) in [5.74, 6) is -0.834. The Kier molecular flexibility index (Phi) is 4.38. The van der Waals surface area contributed by atoms with Crippen molar-refractivity contribution in [1.82, 2.24) is 5.32 Å². The van der Waals surface area contributed by atoms with Crippen molar-refractivity contribution in [1.29, 1.82) is 0 Å². The second-order valence-corrected chi connectivity index (χ2v) is 7.48. The van der Waals surface area contributed by atoms with Gasteiger partial charge in [0, 0.05) is 17.4 Å². The molecule has 1 aromatic rings. The number of alkyl halides is 2. The van der Waals surface area contributed by atoms with Crippen LogP contribution in [0.5, 0.6) is 5.75 Å². The number of ether oxygens (including phenoxy) is 1. The summed E-state index contributed by atoms with van der Waals surface area (Å²) >= 11 is 0. The maximum absolute atomic E-state index is 13.5. The second-order valence-electron chi connectivity index (χ2n) is 7.48. The van der Waals surface area contributed by atoms with Crippen LogP contribution in [0.2, 0.25) is 0 Å². The topological polar surface area (TPSA) is 38.3 Å².